The van der Waals surface area contributed by atoms with Gasteiger partial charge in [0.25, 0.3) is 5.91 Å². The number of benzene rings is 2. The highest BCUT2D eigenvalue weighted by atomic mass is 16.5. The molecule has 25 heavy (non-hydrogen) atoms. The Bertz CT molecular complexity index is 783. The zero-order chi connectivity index (χ0) is 18.0. The Labute approximate surface area is 149 Å². The molecule has 0 saturated heterocycles. The van der Waals surface area contributed by atoms with Gasteiger partial charge in [0, 0.05) is 6.42 Å². The van der Waals surface area contributed by atoms with Gasteiger partial charge in [0.05, 0.1) is 13.2 Å². The topological polar surface area (TPSA) is 41.9 Å². The number of aliphatic imine (C=N–C) groups is 1. The lowest BCUT2D eigenvalue weighted by Crippen LogP contribution is -2.42. The van der Waals surface area contributed by atoms with Crippen molar-refractivity contribution in [3.8, 4) is 5.75 Å². The first-order valence-corrected chi connectivity index (χ1v) is 8.52. The molecule has 4 nitrogen and oxygen atoms in total. The van der Waals surface area contributed by atoms with E-state index in [1.54, 1.807) is 7.11 Å². The van der Waals surface area contributed by atoms with Gasteiger partial charge in [-0.25, -0.2) is 0 Å². The molecule has 2 aromatic carbocycles. The molecule has 0 spiro atoms. The van der Waals surface area contributed by atoms with Crippen molar-refractivity contribution in [3.05, 3.63) is 65.7 Å². The maximum Gasteiger partial charge on any atom is 0.256 e. The third-order valence-electron chi connectivity index (χ3n) is 4.81. The van der Waals surface area contributed by atoms with Crippen LogP contribution in [0.2, 0.25) is 0 Å². The van der Waals surface area contributed by atoms with Gasteiger partial charge in [-0.05, 0) is 44.0 Å². The molecule has 0 fully saturated rings. The Kier molecular flexibility index (Phi) is 4.62. The van der Waals surface area contributed by atoms with Gasteiger partial charge < -0.3 is 4.74 Å². The first-order chi connectivity index (χ1) is 11.9. The second-order valence-electron chi connectivity index (χ2n) is 6.72. The molecule has 2 atom stereocenters. The summed E-state index contributed by atoms with van der Waals surface area (Å²) in [5, 5.41) is 0. The molecule has 0 aliphatic carbocycles. The van der Waals surface area contributed by atoms with Gasteiger partial charge >= 0.3 is 0 Å². The molecule has 2 unspecified atom stereocenters. The smallest absolute Gasteiger partial charge is 0.256 e. The summed E-state index contributed by atoms with van der Waals surface area (Å²) in [6.07, 6.45) is 0.575. The summed E-state index contributed by atoms with van der Waals surface area (Å²) >= 11 is 0. The van der Waals surface area contributed by atoms with Crippen molar-refractivity contribution in [3.63, 3.8) is 0 Å². The molecule has 1 amide bonds. The first kappa shape index (κ1) is 17.2. The third-order valence-corrected chi connectivity index (χ3v) is 4.81. The molecule has 0 N–H and O–H groups in total. The number of hydrogen-bond donors (Lipinski definition) is 0. The molecule has 1 heterocycles. The summed E-state index contributed by atoms with van der Waals surface area (Å²) in [6.45, 7) is 5.88. The van der Waals surface area contributed by atoms with Crippen molar-refractivity contribution in [1.29, 1.82) is 0 Å². The number of carbonyl (C=O) groups excluding carboxylic acids is 1. The van der Waals surface area contributed by atoms with E-state index in [9.17, 15) is 4.79 Å². The molecule has 0 saturated carbocycles. The van der Waals surface area contributed by atoms with Gasteiger partial charge in [0.2, 0.25) is 0 Å². The van der Waals surface area contributed by atoms with Crippen LogP contribution in [0.1, 0.15) is 37.9 Å². The van der Waals surface area contributed by atoms with Crippen molar-refractivity contribution < 1.29 is 9.53 Å². The molecule has 0 bridgehead atoms. The van der Waals surface area contributed by atoms with E-state index < -0.39 is 5.54 Å². The van der Waals surface area contributed by atoms with Crippen molar-refractivity contribution in [2.45, 2.75) is 38.8 Å². The van der Waals surface area contributed by atoms with Crippen LogP contribution in [0.25, 0.3) is 0 Å². The average molecular weight is 336 g/mol. The fourth-order valence-electron chi connectivity index (χ4n) is 3.46. The highest BCUT2D eigenvalue weighted by Gasteiger charge is 2.45. The normalized spacial score (nSPS) is 21.2. The Balaban J connectivity index is 1.82. The fraction of sp³-hybridized carbons (Fsp3) is 0.333. The number of methoxy groups -OCH3 is 1. The summed E-state index contributed by atoms with van der Waals surface area (Å²) in [7, 11) is 1.65. The minimum absolute atomic E-state index is 0.0323. The largest absolute Gasteiger partial charge is 0.497 e. The first-order valence-electron chi connectivity index (χ1n) is 8.52. The predicted octanol–water partition coefficient (Wildman–Crippen LogP) is 4.02. The Hall–Kier alpha value is -2.62. The van der Waals surface area contributed by atoms with Crippen molar-refractivity contribution >= 4 is 11.7 Å². The van der Waals surface area contributed by atoms with E-state index in [1.807, 2.05) is 80.3 Å². The van der Waals surface area contributed by atoms with Crippen LogP contribution in [-0.2, 0) is 11.2 Å². The van der Waals surface area contributed by atoms with E-state index in [0.29, 0.717) is 6.42 Å². The number of carbonyl (C=O) groups is 1. The molecule has 0 aromatic heterocycles. The van der Waals surface area contributed by atoms with Crippen molar-refractivity contribution in [1.82, 2.24) is 4.90 Å². The van der Waals surface area contributed by atoms with Crippen molar-refractivity contribution in [2.24, 2.45) is 4.99 Å². The second kappa shape index (κ2) is 6.71. The number of rotatable bonds is 5. The molecule has 3 rings (SSSR count). The van der Waals surface area contributed by atoms with Crippen LogP contribution >= 0.6 is 0 Å². The van der Waals surface area contributed by atoms with Gasteiger partial charge in [-0.1, -0.05) is 42.5 Å². The lowest BCUT2D eigenvalue weighted by atomic mass is 9.92. The molecule has 1 aliphatic rings. The third kappa shape index (κ3) is 3.29. The predicted molar refractivity (Wildman–Crippen MR) is 99.9 cm³/mol. The van der Waals surface area contributed by atoms with Gasteiger partial charge in [-0.15, -0.1) is 0 Å². The van der Waals surface area contributed by atoms with Crippen molar-refractivity contribution in [2.75, 3.05) is 7.11 Å². The van der Waals surface area contributed by atoms with E-state index in [4.69, 9.17) is 9.73 Å². The monoisotopic (exact) mass is 336 g/mol. The molecule has 130 valence electrons. The highest BCUT2D eigenvalue weighted by Crippen LogP contribution is 2.33. The van der Waals surface area contributed by atoms with Gasteiger partial charge in [-0.2, -0.15) is 0 Å². The zero-order valence-electron chi connectivity index (χ0n) is 15.2. The summed E-state index contributed by atoms with van der Waals surface area (Å²) < 4.78 is 5.20. The number of nitrogens with zero attached hydrogens (tertiary/aromatic N) is 2. The summed E-state index contributed by atoms with van der Waals surface area (Å²) in [5.41, 5.74) is 1.42. The Morgan fingerprint density at radius 1 is 1.12 bits per heavy atom. The fourth-order valence-corrected chi connectivity index (χ4v) is 3.46. The average Bonchev–Trinajstić information content (AvgIpc) is 2.84. The molecule has 2 aromatic rings. The second-order valence-corrected chi connectivity index (χ2v) is 6.72. The number of ether oxygens (including phenoxy) is 1. The van der Waals surface area contributed by atoms with Crippen LogP contribution in [0, 0.1) is 0 Å². The van der Waals surface area contributed by atoms with E-state index >= 15 is 0 Å². The van der Waals surface area contributed by atoms with Crippen LogP contribution < -0.4 is 4.74 Å². The van der Waals surface area contributed by atoms with Crippen LogP contribution in [0.15, 0.2) is 59.6 Å². The molecular formula is C21H24N2O2. The molecule has 1 aliphatic heterocycles. The molecular weight excluding hydrogens is 312 g/mol. The quantitative estimate of drug-likeness (QED) is 0.827. The minimum atomic E-state index is -0.762. The molecule has 4 heteroatoms. The van der Waals surface area contributed by atoms with Crippen LogP contribution in [0.5, 0.6) is 5.75 Å². The number of hydrogen-bond acceptors (Lipinski definition) is 3. The maximum atomic E-state index is 13.2. The van der Waals surface area contributed by atoms with E-state index in [1.165, 1.54) is 0 Å². The zero-order valence-corrected chi connectivity index (χ0v) is 15.2. The SMILES string of the molecule is COc1ccc(CC2(C)N=C(C)N(C(C)c3ccccc3)C2=O)cc1. The summed E-state index contributed by atoms with van der Waals surface area (Å²) in [6, 6.07) is 17.8. The number of amides is 1. The van der Waals surface area contributed by atoms with E-state index in [-0.39, 0.29) is 11.9 Å². The van der Waals surface area contributed by atoms with E-state index in [0.717, 1.165) is 22.7 Å². The van der Waals surface area contributed by atoms with Crippen LogP contribution in [-0.4, -0.2) is 29.3 Å². The van der Waals surface area contributed by atoms with E-state index in [2.05, 4.69) is 0 Å². The lowest BCUT2D eigenvalue weighted by Gasteiger charge is -2.28. The minimum Gasteiger partial charge on any atom is -0.497 e. The van der Waals surface area contributed by atoms with Gasteiger partial charge in [-0.3, -0.25) is 14.7 Å². The van der Waals surface area contributed by atoms with Gasteiger partial charge in [0.15, 0.2) is 0 Å². The lowest BCUT2D eigenvalue weighted by molar-refractivity contribution is -0.132. The number of amidine groups is 1. The van der Waals surface area contributed by atoms with Crippen LogP contribution in [0.4, 0.5) is 0 Å². The Morgan fingerprint density at radius 3 is 2.36 bits per heavy atom. The summed E-state index contributed by atoms with van der Waals surface area (Å²) in [4.78, 5) is 19.7. The standard InChI is InChI=1S/C21H24N2O2/c1-15(18-8-6-5-7-9-18)23-16(2)22-21(3,20(23)24)14-17-10-12-19(25-4)13-11-17/h5-13,15H,14H2,1-4H3. The van der Waals surface area contributed by atoms with Gasteiger partial charge in [0.1, 0.15) is 17.1 Å². The molecule has 0 radical (unpaired) electrons. The highest BCUT2D eigenvalue weighted by molar-refractivity contribution is 6.07. The maximum absolute atomic E-state index is 13.2. The van der Waals surface area contributed by atoms with Crippen LogP contribution in [0.3, 0.4) is 0 Å². The summed E-state index contributed by atoms with van der Waals surface area (Å²) in [5.74, 6) is 1.64. The Morgan fingerprint density at radius 2 is 1.76 bits per heavy atom.